The van der Waals surface area contributed by atoms with Crippen LogP contribution in [0.25, 0.3) is 10.9 Å². The van der Waals surface area contributed by atoms with E-state index in [2.05, 4.69) is 58.4 Å². The van der Waals surface area contributed by atoms with Gasteiger partial charge in [-0.05, 0) is 31.9 Å². The van der Waals surface area contributed by atoms with Crippen molar-refractivity contribution in [1.29, 1.82) is 0 Å². The van der Waals surface area contributed by atoms with Crippen molar-refractivity contribution < 1.29 is 9.53 Å². The van der Waals surface area contributed by atoms with E-state index < -0.39 is 6.09 Å². The van der Waals surface area contributed by atoms with Gasteiger partial charge in [0.15, 0.2) is 0 Å². The van der Waals surface area contributed by atoms with Gasteiger partial charge in [-0.15, -0.1) is 0 Å². The molecule has 0 bridgehead atoms. The first-order valence-corrected chi connectivity index (χ1v) is 9.17. The maximum Gasteiger partial charge on any atom is 0.406 e. The molecular formula is C22H25N3O2. The molecule has 1 amide bonds. The number of H-pyrrole nitrogens is 1. The molecule has 2 N–H and O–H groups in total. The number of benzene rings is 2. The molecule has 0 atom stereocenters. The van der Waals surface area contributed by atoms with Crippen LogP contribution in [0.4, 0.5) is 4.79 Å². The van der Waals surface area contributed by atoms with E-state index in [1.165, 1.54) is 12.7 Å². The smallest absolute Gasteiger partial charge is 0.406 e. The number of aromatic nitrogens is 1. The number of aliphatic imine (C=N–C) groups is 1. The van der Waals surface area contributed by atoms with Crippen molar-refractivity contribution in [3.05, 3.63) is 70.9 Å². The summed E-state index contributed by atoms with van der Waals surface area (Å²) in [6, 6.07) is 16.6. The largest absolute Gasteiger partial charge is 0.453 e. The number of carbonyl (C=O) groups excluding carboxylic acids is 1. The minimum Gasteiger partial charge on any atom is -0.453 e. The highest BCUT2D eigenvalue weighted by molar-refractivity contribution is 6.15. The van der Waals surface area contributed by atoms with Crippen LogP contribution < -0.4 is 5.32 Å². The zero-order valence-corrected chi connectivity index (χ0v) is 16.0. The van der Waals surface area contributed by atoms with Crippen LogP contribution >= 0.6 is 0 Å². The Hall–Kier alpha value is -3.08. The fourth-order valence-electron chi connectivity index (χ4n) is 3.21. The molecule has 3 rings (SSSR count). The first-order chi connectivity index (χ1) is 13.1. The van der Waals surface area contributed by atoms with Crippen LogP contribution in [0.2, 0.25) is 0 Å². The molecule has 0 unspecified atom stereocenters. The van der Waals surface area contributed by atoms with E-state index in [1.807, 2.05) is 19.1 Å². The van der Waals surface area contributed by atoms with Gasteiger partial charge in [0.05, 0.1) is 18.5 Å². The number of alkyl carbamates (subject to hydrolysis) is 1. The van der Waals surface area contributed by atoms with Crippen molar-refractivity contribution in [3.63, 3.8) is 0 Å². The third-order valence-corrected chi connectivity index (χ3v) is 4.52. The van der Waals surface area contributed by atoms with Crippen LogP contribution in [-0.4, -0.2) is 37.0 Å². The molecule has 0 saturated carbocycles. The van der Waals surface area contributed by atoms with Gasteiger partial charge in [-0.2, -0.15) is 0 Å². The van der Waals surface area contributed by atoms with E-state index in [0.29, 0.717) is 19.5 Å². The maximum absolute atomic E-state index is 11.4. The fraction of sp³-hybridized carbons (Fsp3) is 0.273. The lowest BCUT2D eigenvalue weighted by Gasteiger charge is -2.10. The zero-order valence-electron chi connectivity index (χ0n) is 16.0. The summed E-state index contributed by atoms with van der Waals surface area (Å²) in [4.78, 5) is 19.7. The number of hydrogen-bond donors (Lipinski definition) is 2. The SMILES string of the molecule is CCN=C(c1ccc(C)cc1)c1[nH]c2ccccc2c1CCNC(=O)OC. The van der Waals surface area contributed by atoms with E-state index in [0.717, 1.165) is 33.4 Å². The lowest BCUT2D eigenvalue weighted by molar-refractivity contribution is 0.171. The van der Waals surface area contributed by atoms with Gasteiger partial charge in [0.1, 0.15) is 0 Å². The lowest BCUT2D eigenvalue weighted by Crippen LogP contribution is -2.25. The second kappa shape index (κ2) is 8.54. The first-order valence-electron chi connectivity index (χ1n) is 9.17. The summed E-state index contributed by atoms with van der Waals surface area (Å²) in [5.41, 5.74) is 6.46. The fourth-order valence-corrected chi connectivity index (χ4v) is 3.21. The predicted octanol–water partition coefficient (Wildman–Crippen LogP) is 4.23. The Balaban J connectivity index is 2.05. The van der Waals surface area contributed by atoms with Crippen molar-refractivity contribution in [3.8, 4) is 0 Å². The Bertz CT molecular complexity index is 955. The van der Waals surface area contributed by atoms with E-state index in [9.17, 15) is 4.79 Å². The van der Waals surface area contributed by atoms with E-state index in [4.69, 9.17) is 4.99 Å². The standard InChI is InChI=1S/C22H25N3O2/c1-4-23-20(16-11-9-15(2)10-12-16)21-18(13-14-24-22(26)27-3)17-7-5-6-8-19(17)25-21/h5-12,25H,4,13-14H2,1-3H3,(H,24,26). The van der Waals surface area contributed by atoms with Crippen LogP contribution in [0, 0.1) is 6.92 Å². The predicted molar refractivity (Wildman–Crippen MR) is 110 cm³/mol. The number of ether oxygens (including phenoxy) is 1. The Morgan fingerprint density at radius 2 is 1.89 bits per heavy atom. The number of rotatable bonds is 6. The highest BCUT2D eigenvalue weighted by Crippen LogP contribution is 2.25. The van der Waals surface area contributed by atoms with Crippen molar-refractivity contribution in [2.24, 2.45) is 4.99 Å². The average molecular weight is 363 g/mol. The second-order valence-electron chi connectivity index (χ2n) is 6.38. The Morgan fingerprint density at radius 3 is 2.59 bits per heavy atom. The Labute approximate surface area is 159 Å². The molecule has 0 radical (unpaired) electrons. The molecule has 0 spiro atoms. The molecule has 2 aromatic carbocycles. The third kappa shape index (κ3) is 4.19. The minimum atomic E-state index is -0.419. The number of methoxy groups -OCH3 is 1. The number of nitrogens with one attached hydrogen (secondary N) is 2. The summed E-state index contributed by atoms with van der Waals surface area (Å²) >= 11 is 0. The number of para-hydroxylation sites is 1. The van der Waals surface area contributed by atoms with Crippen molar-refractivity contribution in [2.75, 3.05) is 20.2 Å². The van der Waals surface area contributed by atoms with E-state index in [1.54, 1.807) is 0 Å². The van der Waals surface area contributed by atoms with Gasteiger partial charge in [0.2, 0.25) is 0 Å². The van der Waals surface area contributed by atoms with Gasteiger partial charge < -0.3 is 15.0 Å². The zero-order chi connectivity index (χ0) is 19.2. The number of fused-ring (bicyclic) bond motifs is 1. The van der Waals surface area contributed by atoms with Gasteiger partial charge in [0.25, 0.3) is 0 Å². The van der Waals surface area contributed by atoms with Crippen LogP contribution in [0.3, 0.4) is 0 Å². The average Bonchev–Trinajstić information content (AvgIpc) is 3.05. The second-order valence-corrected chi connectivity index (χ2v) is 6.38. The van der Waals surface area contributed by atoms with Gasteiger partial charge in [-0.25, -0.2) is 4.79 Å². The molecule has 140 valence electrons. The van der Waals surface area contributed by atoms with Gasteiger partial charge in [-0.1, -0.05) is 48.0 Å². The summed E-state index contributed by atoms with van der Waals surface area (Å²) < 4.78 is 4.67. The number of hydrogen-bond acceptors (Lipinski definition) is 3. The lowest BCUT2D eigenvalue weighted by atomic mass is 9.99. The van der Waals surface area contributed by atoms with Crippen LogP contribution in [-0.2, 0) is 11.2 Å². The molecule has 3 aromatic rings. The molecule has 1 heterocycles. The maximum atomic E-state index is 11.4. The van der Waals surface area contributed by atoms with Crippen LogP contribution in [0.1, 0.15) is 29.3 Å². The molecule has 0 aliphatic carbocycles. The van der Waals surface area contributed by atoms with Gasteiger partial charge in [-0.3, -0.25) is 4.99 Å². The van der Waals surface area contributed by atoms with E-state index >= 15 is 0 Å². The molecule has 27 heavy (non-hydrogen) atoms. The minimum absolute atomic E-state index is 0.419. The van der Waals surface area contributed by atoms with Gasteiger partial charge >= 0.3 is 6.09 Å². The molecule has 5 heteroatoms. The van der Waals surface area contributed by atoms with Crippen molar-refractivity contribution in [2.45, 2.75) is 20.3 Å². The normalized spacial score (nSPS) is 11.6. The summed E-state index contributed by atoms with van der Waals surface area (Å²) in [5, 5.41) is 3.91. The summed E-state index contributed by atoms with van der Waals surface area (Å²) in [7, 11) is 1.37. The molecule has 5 nitrogen and oxygen atoms in total. The number of aromatic amines is 1. The Morgan fingerprint density at radius 1 is 1.15 bits per heavy atom. The quantitative estimate of drug-likeness (QED) is 0.644. The number of amides is 1. The van der Waals surface area contributed by atoms with Crippen molar-refractivity contribution >= 4 is 22.7 Å². The molecule has 1 aromatic heterocycles. The summed E-state index contributed by atoms with van der Waals surface area (Å²) in [6.07, 6.45) is 0.264. The van der Waals surface area contributed by atoms with Crippen LogP contribution in [0.15, 0.2) is 53.5 Å². The molecular weight excluding hydrogens is 338 g/mol. The topological polar surface area (TPSA) is 66.5 Å². The number of nitrogens with zero attached hydrogens (tertiary/aromatic N) is 1. The molecule has 0 aliphatic rings. The highest BCUT2D eigenvalue weighted by atomic mass is 16.5. The Kier molecular flexibility index (Phi) is 5.91. The first kappa shape index (κ1) is 18.7. The molecule has 0 aliphatic heterocycles. The number of carbonyl (C=O) groups is 1. The summed E-state index contributed by atoms with van der Waals surface area (Å²) in [6.45, 7) is 5.30. The number of aryl methyl sites for hydroxylation is 1. The van der Waals surface area contributed by atoms with E-state index in [-0.39, 0.29) is 0 Å². The van der Waals surface area contributed by atoms with Gasteiger partial charge in [0, 0.05) is 29.6 Å². The summed E-state index contributed by atoms with van der Waals surface area (Å²) in [5.74, 6) is 0. The highest BCUT2D eigenvalue weighted by Gasteiger charge is 2.17. The van der Waals surface area contributed by atoms with Crippen molar-refractivity contribution in [1.82, 2.24) is 10.3 Å². The molecule has 0 fully saturated rings. The monoisotopic (exact) mass is 363 g/mol. The van der Waals surface area contributed by atoms with Crippen LogP contribution in [0.5, 0.6) is 0 Å². The third-order valence-electron chi connectivity index (χ3n) is 4.52. The molecule has 0 saturated heterocycles.